The van der Waals surface area contributed by atoms with Crippen molar-refractivity contribution in [3.05, 3.63) is 0 Å². The molecular formula is C15H29NS. The van der Waals surface area contributed by atoms with Crippen LogP contribution >= 0.6 is 12.2 Å². The van der Waals surface area contributed by atoms with E-state index in [-0.39, 0.29) is 0 Å². The van der Waals surface area contributed by atoms with Crippen LogP contribution in [-0.2, 0) is 0 Å². The van der Waals surface area contributed by atoms with Crippen molar-refractivity contribution in [3.8, 4) is 0 Å². The summed E-state index contributed by atoms with van der Waals surface area (Å²) in [6, 6.07) is 0.704. The molecule has 0 bridgehead atoms. The number of likely N-dealkylation sites (tertiary alicyclic amines) is 1. The third kappa shape index (κ3) is 4.33. The first-order valence-electron chi connectivity index (χ1n) is 7.32. The number of unbranched alkanes of at least 4 members (excludes halogenated alkanes) is 1. The average Bonchev–Trinajstić information content (AvgIpc) is 2.75. The van der Waals surface area contributed by atoms with Gasteiger partial charge in [-0.15, -0.1) is 0 Å². The molecule has 0 N–H and O–H groups in total. The summed E-state index contributed by atoms with van der Waals surface area (Å²) in [7, 11) is 0. The number of hydrogen-bond acceptors (Lipinski definition) is 2. The Labute approximate surface area is 113 Å². The first-order chi connectivity index (χ1) is 8.07. The molecular weight excluding hydrogens is 226 g/mol. The maximum Gasteiger partial charge on any atom is 0.0171 e. The first-order valence-corrected chi connectivity index (χ1v) is 7.73. The van der Waals surface area contributed by atoms with Gasteiger partial charge in [0.1, 0.15) is 0 Å². The molecule has 0 amide bonds. The predicted molar refractivity (Wildman–Crippen MR) is 80.7 cm³/mol. The number of rotatable bonds is 7. The van der Waals surface area contributed by atoms with E-state index < -0.39 is 0 Å². The van der Waals surface area contributed by atoms with Crippen molar-refractivity contribution in [1.29, 1.82) is 0 Å². The van der Waals surface area contributed by atoms with Gasteiger partial charge in [-0.05, 0) is 50.1 Å². The van der Waals surface area contributed by atoms with E-state index in [2.05, 4.69) is 32.6 Å². The largest absolute Gasteiger partial charge is 0.300 e. The summed E-state index contributed by atoms with van der Waals surface area (Å²) in [6.45, 7) is 11.7. The zero-order chi connectivity index (χ0) is 12.8. The molecule has 1 rings (SSSR count). The molecule has 2 heteroatoms. The van der Waals surface area contributed by atoms with Crippen molar-refractivity contribution in [2.75, 3.05) is 13.1 Å². The second kappa shape index (κ2) is 7.48. The molecule has 0 saturated carbocycles. The molecule has 2 atom stereocenters. The molecule has 0 aromatic rings. The fourth-order valence-corrected chi connectivity index (χ4v) is 3.69. The van der Waals surface area contributed by atoms with Crippen molar-refractivity contribution in [3.63, 3.8) is 0 Å². The van der Waals surface area contributed by atoms with Gasteiger partial charge in [0, 0.05) is 12.0 Å². The van der Waals surface area contributed by atoms with Gasteiger partial charge in [0.25, 0.3) is 0 Å². The van der Waals surface area contributed by atoms with Gasteiger partial charge < -0.3 is 0 Å². The van der Waals surface area contributed by atoms with Crippen LogP contribution in [0.5, 0.6) is 0 Å². The third-order valence-corrected chi connectivity index (χ3v) is 4.34. The highest BCUT2D eigenvalue weighted by atomic mass is 32.1. The summed E-state index contributed by atoms with van der Waals surface area (Å²) in [6.07, 6.45) is 6.72. The van der Waals surface area contributed by atoms with Gasteiger partial charge in [0.2, 0.25) is 0 Å². The molecule has 1 aliphatic rings. The summed E-state index contributed by atoms with van der Waals surface area (Å²) in [5.41, 5.74) is 0. The van der Waals surface area contributed by atoms with Crippen LogP contribution in [-0.4, -0.2) is 28.9 Å². The van der Waals surface area contributed by atoms with Crippen LogP contribution in [0.15, 0.2) is 0 Å². The summed E-state index contributed by atoms with van der Waals surface area (Å²) in [5, 5.41) is 0. The van der Waals surface area contributed by atoms with E-state index in [1.165, 1.54) is 50.1 Å². The Morgan fingerprint density at radius 2 is 1.82 bits per heavy atom. The zero-order valence-corrected chi connectivity index (χ0v) is 12.9. The van der Waals surface area contributed by atoms with Gasteiger partial charge in [-0.1, -0.05) is 45.8 Å². The quantitative estimate of drug-likeness (QED) is 0.624. The maximum atomic E-state index is 5.53. The van der Waals surface area contributed by atoms with Crippen LogP contribution in [0, 0.1) is 11.8 Å². The molecule has 0 aromatic carbocycles. The van der Waals surface area contributed by atoms with Crippen LogP contribution in [0.4, 0.5) is 0 Å². The first kappa shape index (κ1) is 15.1. The van der Waals surface area contributed by atoms with Gasteiger partial charge >= 0.3 is 0 Å². The average molecular weight is 255 g/mol. The summed E-state index contributed by atoms with van der Waals surface area (Å²) in [5.74, 6) is 1.28. The Morgan fingerprint density at radius 1 is 1.24 bits per heavy atom. The lowest BCUT2D eigenvalue weighted by Crippen LogP contribution is -2.43. The van der Waals surface area contributed by atoms with Crippen molar-refractivity contribution < 1.29 is 0 Å². The Morgan fingerprint density at radius 3 is 2.24 bits per heavy atom. The smallest absolute Gasteiger partial charge is 0.0171 e. The van der Waals surface area contributed by atoms with E-state index in [0.29, 0.717) is 17.9 Å². The Hall–Kier alpha value is 0.0500. The van der Waals surface area contributed by atoms with Crippen LogP contribution in [0.2, 0.25) is 0 Å². The second-order valence-corrected chi connectivity index (χ2v) is 6.48. The third-order valence-electron chi connectivity index (χ3n) is 4.07. The highest BCUT2D eigenvalue weighted by Crippen LogP contribution is 2.28. The van der Waals surface area contributed by atoms with Gasteiger partial charge in [0.15, 0.2) is 0 Å². The highest BCUT2D eigenvalue weighted by Gasteiger charge is 2.31. The molecule has 100 valence electrons. The molecule has 17 heavy (non-hydrogen) atoms. The van der Waals surface area contributed by atoms with Crippen LogP contribution in [0.1, 0.15) is 59.8 Å². The standard InChI is InChI=1S/C15H29NS/c1-5-6-9-14(16-10-7-8-11-16)15(12(2)3)13(4)17/h12,14-15H,5-11H2,1-4H3/t14-,15-/m0/s1. The fraction of sp³-hybridized carbons (Fsp3) is 0.933. The summed E-state index contributed by atoms with van der Waals surface area (Å²) in [4.78, 5) is 3.92. The zero-order valence-electron chi connectivity index (χ0n) is 12.0. The molecule has 0 aromatic heterocycles. The van der Waals surface area contributed by atoms with E-state index in [9.17, 15) is 0 Å². The molecule has 1 fully saturated rings. The minimum atomic E-state index is 0.606. The van der Waals surface area contributed by atoms with E-state index in [1.807, 2.05) is 0 Å². The number of nitrogens with zero attached hydrogens (tertiary/aromatic N) is 1. The van der Waals surface area contributed by atoms with Crippen LogP contribution in [0.25, 0.3) is 0 Å². The van der Waals surface area contributed by atoms with Crippen LogP contribution in [0.3, 0.4) is 0 Å². The summed E-state index contributed by atoms with van der Waals surface area (Å²) >= 11 is 5.53. The van der Waals surface area contributed by atoms with Gasteiger partial charge in [-0.25, -0.2) is 0 Å². The molecule has 1 saturated heterocycles. The fourth-order valence-electron chi connectivity index (χ4n) is 3.26. The SMILES string of the molecule is CCCC[C@@H]([C@H](C(C)=S)C(C)C)N1CCCC1. The molecule has 1 heterocycles. The van der Waals surface area contributed by atoms with E-state index >= 15 is 0 Å². The van der Waals surface area contributed by atoms with Gasteiger partial charge in [0.05, 0.1) is 0 Å². The van der Waals surface area contributed by atoms with Crippen molar-refractivity contribution in [1.82, 2.24) is 4.90 Å². The molecule has 0 unspecified atom stereocenters. The van der Waals surface area contributed by atoms with Crippen molar-refractivity contribution in [2.24, 2.45) is 11.8 Å². The van der Waals surface area contributed by atoms with Crippen molar-refractivity contribution >= 4 is 17.1 Å². The minimum Gasteiger partial charge on any atom is -0.300 e. The normalized spacial score (nSPS) is 20.8. The minimum absolute atomic E-state index is 0.606. The van der Waals surface area contributed by atoms with E-state index in [1.54, 1.807) is 0 Å². The van der Waals surface area contributed by atoms with Crippen molar-refractivity contribution in [2.45, 2.75) is 65.8 Å². The van der Waals surface area contributed by atoms with E-state index in [4.69, 9.17) is 12.2 Å². The Kier molecular flexibility index (Phi) is 6.65. The molecule has 0 aliphatic carbocycles. The topological polar surface area (TPSA) is 3.24 Å². The van der Waals surface area contributed by atoms with Gasteiger partial charge in [-0.2, -0.15) is 0 Å². The lowest BCUT2D eigenvalue weighted by Gasteiger charge is -2.36. The highest BCUT2D eigenvalue weighted by molar-refractivity contribution is 7.80. The predicted octanol–water partition coefficient (Wildman–Crippen LogP) is 4.30. The Balaban J connectivity index is 2.74. The van der Waals surface area contributed by atoms with Gasteiger partial charge in [-0.3, -0.25) is 4.90 Å². The second-order valence-electron chi connectivity index (χ2n) is 5.83. The maximum absolute atomic E-state index is 5.53. The Bertz CT molecular complexity index is 231. The molecule has 0 radical (unpaired) electrons. The number of thiocarbonyl (C=S) groups is 1. The molecule has 1 aliphatic heterocycles. The molecule has 0 spiro atoms. The number of hydrogen-bond donors (Lipinski definition) is 0. The van der Waals surface area contributed by atoms with E-state index in [0.717, 1.165) is 0 Å². The van der Waals surface area contributed by atoms with Crippen LogP contribution < -0.4 is 0 Å². The lowest BCUT2D eigenvalue weighted by molar-refractivity contribution is 0.167. The summed E-state index contributed by atoms with van der Waals surface area (Å²) < 4.78 is 0. The monoisotopic (exact) mass is 255 g/mol. The molecule has 1 nitrogen and oxygen atoms in total. The lowest BCUT2D eigenvalue weighted by atomic mass is 9.83.